The minimum Gasteiger partial charge on any atom is -0.273 e. The van der Waals surface area contributed by atoms with E-state index in [0.29, 0.717) is 0 Å². The predicted molar refractivity (Wildman–Crippen MR) is 82.3 cm³/mol. The SMILES string of the molecule is O=C(NNS(=O)(=O)c1ccc(Cl)c([N+](=O)[O-])c1)c1ccccc1. The smallest absolute Gasteiger partial charge is 0.273 e. The van der Waals surface area contributed by atoms with Gasteiger partial charge in [0.25, 0.3) is 21.6 Å². The molecular weight excluding hydrogens is 346 g/mol. The number of nitro groups is 1. The molecule has 0 fully saturated rings. The van der Waals surface area contributed by atoms with Crippen LogP contribution in [0.3, 0.4) is 0 Å². The number of sulfonamides is 1. The standard InChI is InChI=1S/C13H10ClN3O5S/c14-11-7-6-10(8-12(11)17(19)20)23(21,22)16-15-13(18)9-4-2-1-3-5-9/h1-8,16H,(H,15,18). The van der Waals surface area contributed by atoms with E-state index in [1.807, 2.05) is 10.3 Å². The summed E-state index contributed by atoms with van der Waals surface area (Å²) >= 11 is 5.62. The molecule has 1 amide bonds. The fourth-order valence-corrected chi connectivity index (χ4v) is 2.68. The third-order valence-corrected chi connectivity index (χ3v) is 4.32. The van der Waals surface area contributed by atoms with Crippen molar-refractivity contribution in [1.82, 2.24) is 10.3 Å². The number of nitrogens with one attached hydrogen (secondary N) is 2. The Bertz CT molecular complexity index is 855. The molecule has 0 aliphatic carbocycles. The molecule has 2 N–H and O–H groups in total. The number of hydrogen-bond donors (Lipinski definition) is 2. The maximum Gasteiger partial charge on any atom is 0.289 e. The van der Waals surface area contributed by atoms with Crippen LogP contribution in [-0.2, 0) is 10.0 Å². The summed E-state index contributed by atoms with van der Waals surface area (Å²) in [5.74, 6) is -0.669. The maximum atomic E-state index is 12.1. The zero-order valence-electron chi connectivity index (χ0n) is 11.4. The van der Waals surface area contributed by atoms with Gasteiger partial charge in [-0.3, -0.25) is 20.3 Å². The monoisotopic (exact) mass is 355 g/mol. The lowest BCUT2D eigenvalue weighted by Gasteiger charge is -2.08. The van der Waals surface area contributed by atoms with Gasteiger partial charge in [0.2, 0.25) is 0 Å². The zero-order valence-corrected chi connectivity index (χ0v) is 13.0. The van der Waals surface area contributed by atoms with E-state index in [2.05, 4.69) is 0 Å². The van der Waals surface area contributed by atoms with Gasteiger partial charge in [0.15, 0.2) is 0 Å². The third-order valence-electron chi connectivity index (χ3n) is 2.76. The number of rotatable bonds is 5. The average Bonchev–Trinajstić information content (AvgIpc) is 2.53. The highest BCUT2D eigenvalue weighted by Gasteiger charge is 2.21. The van der Waals surface area contributed by atoms with Gasteiger partial charge in [0, 0.05) is 11.6 Å². The summed E-state index contributed by atoms with van der Waals surface area (Å²) in [6.07, 6.45) is 0. The first-order chi connectivity index (χ1) is 10.8. The van der Waals surface area contributed by atoms with Crippen molar-refractivity contribution in [2.24, 2.45) is 0 Å². The second-order valence-electron chi connectivity index (χ2n) is 4.30. The summed E-state index contributed by atoms with van der Waals surface area (Å²) in [6.45, 7) is 0. The van der Waals surface area contributed by atoms with Crippen molar-refractivity contribution in [3.05, 3.63) is 69.2 Å². The van der Waals surface area contributed by atoms with Gasteiger partial charge in [-0.15, -0.1) is 4.83 Å². The molecule has 0 bridgehead atoms. The molecule has 2 rings (SSSR count). The number of halogens is 1. The van der Waals surface area contributed by atoms with E-state index in [1.54, 1.807) is 18.2 Å². The molecule has 2 aromatic carbocycles. The minimum atomic E-state index is -4.18. The molecule has 0 aromatic heterocycles. The fourth-order valence-electron chi connectivity index (χ4n) is 1.63. The number of amides is 1. The number of nitrogens with zero attached hydrogens (tertiary/aromatic N) is 1. The lowest BCUT2D eigenvalue weighted by Crippen LogP contribution is -2.41. The van der Waals surface area contributed by atoms with Gasteiger partial charge >= 0.3 is 0 Å². The number of hydrazine groups is 1. The van der Waals surface area contributed by atoms with Gasteiger partial charge in [-0.2, -0.15) is 0 Å². The highest BCUT2D eigenvalue weighted by Crippen LogP contribution is 2.26. The van der Waals surface area contributed by atoms with Crippen molar-refractivity contribution in [2.45, 2.75) is 4.90 Å². The maximum absolute atomic E-state index is 12.1. The minimum absolute atomic E-state index is 0.192. The fraction of sp³-hybridized carbons (Fsp3) is 0. The number of nitro benzene ring substituents is 1. The number of hydrogen-bond acceptors (Lipinski definition) is 5. The highest BCUT2D eigenvalue weighted by atomic mass is 35.5. The molecular formula is C13H10ClN3O5S. The molecule has 0 heterocycles. The van der Waals surface area contributed by atoms with Gasteiger partial charge < -0.3 is 0 Å². The van der Waals surface area contributed by atoms with Crippen LogP contribution in [0, 0.1) is 10.1 Å². The first-order valence-corrected chi connectivity index (χ1v) is 7.98. The molecule has 0 aliphatic rings. The van der Waals surface area contributed by atoms with E-state index in [4.69, 9.17) is 11.6 Å². The van der Waals surface area contributed by atoms with Gasteiger partial charge in [-0.05, 0) is 24.3 Å². The van der Waals surface area contributed by atoms with E-state index in [-0.39, 0.29) is 10.6 Å². The van der Waals surface area contributed by atoms with Crippen molar-refractivity contribution < 1.29 is 18.1 Å². The largest absolute Gasteiger partial charge is 0.289 e. The molecule has 23 heavy (non-hydrogen) atoms. The molecule has 0 saturated carbocycles. The number of carbonyl (C=O) groups is 1. The van der Waals surface area contributed by atoms with Gasteiger partial charge in [-0.25, -0.2) is 8.42 Å². The Morgan fingerprint density at radius 2 is 1.78 bits per heavy atom. The lowest BCUT2D eigenvalue weighted by atomic mass is 10.2. The van der Waals surface area contributed by atoms with E-state index in [1.165, 1.54) is 12.1 Å². The Balaban J connectivity index is 2.18. The van der Waals surface area contributed by atoms with Gasteiger partial charge in [0.05, 0.1) is 9.82 Å². The zero-order chi connectivity index (χ0) is 17.0. The first kappa shape index (κ1) is 16.9. The van der Waals surface area contributed by atoms with Gasteiger partial charge in [0.1, 0.15) is 5.02 Å². The van der Waals surface area contributed by atoms with Crippen LogP contribution in [0.2, 0.25) is 5.02 Å². The predicted octanol–water partition coefficient (Wildman–Crippen LogP) is 1.87. The summed E-state index contributed by atoms with van der Waals surface area (Å²) < 4.78 is 24.1. The van der Waals surface area contributed by atoms with E-state index in [0.717, 1.165) is 18.2 Å². The summed E-state index contributed by atoms with van der Waals surface area (Å²) in [5.41, 5.74) is 1.72. The molecule has 0 atom stereocenters. The van der Waals surface area contributed by atoms with Crippen molar-refractivity contribution >= 4 is 33.2 Å². The summed E-state index contributed by atoms with van der Waals surface area (Å²) in [6, 6.07) is 10.9. The molecule has 10 heteroatoms. The molecule has 0 spiro atoms. The Hall–Kier alpha value is -2.49. The van der Waals surface area contributed by atoms with Crippen molar-refractivity contribution in [3.8, 4) is 0 Å². The van der Waals surface area contributed by atoms with Crippen LogP contribution >= 0.6 is 11.6 Å². The molecule has 2 aromatic rings. The first-order valence-electron chi connectivity index (χ1n) is 6.12. The molecule has 0 aliphatic heterocycles. The summed E-state index contributed by atoms with van der Waals surface area (Å²) in [4.78, 5) is 23.2. The van der Waals surface area contributed by atoms with Crippen LogP contribution in [0.5, 0.6) is 0 Å². The van der Waals surface area contributed by atoms with E-state index < -0.39 is 31.4 Å². The van der Waals surface area contributed by atoms with Crippen LogP contribution in [0.4, 0.5) is 5.69 Å². The quantitative estimate of drug-likeness (QED) is 0.627. The molecule has 120 valence electrons. The second-order valence-corrected chi connectivity index (χ2v) is 6.39. The van der Waals surface area contributed by atoms with Gasteiger partial charge in [-0.1, -0.05) is 29.8 Å². The summed E-state index contributed by atoms with van der Waals surface area (Å²) in [7, 11) is -4.18. The molecule has 0 saturated heterocycles. The Kier molecular flexibility index (Phi) is 4.94. The van der Waals surface area contributed by atoms with E-state index in [9.17, 15) is 23.3 Å². The third kappa shape index (κ3) is 4.03. The van der Waals surface area contributed by atoms with Crippen molar-refractivity contribution in [1.29, 1.82) is 0 Å². The second kappa shape index (κ2) is 6.73. The Morgan fingerprint density at radius 3 is 2.39 bits per heavy atom. The topological polar surface area (TPSA) is 118 Å². The van der Waals surface area contributed by atoms with Crippen LogP contribution < -0.4 is 10.3 Å². The molecule has 8 nitrogen and oxygen atoms in total. The van der Waals surface area contributed by atoms with Crippen LogP contribution in [0.1, 0.15) is 10.4 Å². The summed E-state index contributed by atoms with van der Waals surface area (Å²) in [5, 5.41) is 10.6. The van der Waals surface area contributed by atoms with Crippen LogP contribution in [0.25, 0.3) is 0 Å². The van der Waals surface area contributed by atoms with E-state index >= 15 is 0 Å². The van der Waals surface area contributed by atoms with Crippen molar-refractivity contribution in [2.75, 3.05) is 0 Å². The Morgan fingerprint density at radius 1 is 1.13 bits per heavy atom. The lowest BCUT2D eigenvalue weighted by molar-refractivity contribution is -0.384. The Labute approximate surface area is 136 Å². The molecule has 0 unspecified atom stereocenters. The van der Waals surface area contributed by atoms with Crippen LogP contribution in [0.15, 0.2) is 53.4 Å². The molecule has 0 radical (unpaired) electrons. The normalized spacial score (nSPS) is 11.0. The highest BCUT2D eigenvalue weighted by molar-refractivity contribution is 7.89. The van der Waals surface area contributed by atoms with Crippen molar-refractivity contribution in [3.63, 3.8) is 0 Å². The number of carbonyl (C=O) groups excluding carboxylic acids is 1. The average molecular weight is 356 g/mol. The van der Waals surface area contributed by atoms with Crippen LogP contribution in [-0.4, -0.2) is 19.2 Å². The number of benzene rings is 2.